The van der Waals surface area contributed by atoms with Crippen LogP contribution >= 0.6 is 23.2 Å². The summed E-state index contributed by atoms with van der Waals surface area (Å²) in [5.41, 5.74) is -0.609. The van der Waals surface area contributed by atoms with Crippen LogP contribution in [-0.2, 0) is 0 Å². The van der Waals surface area contributed by atoms with Gasteiger partial charge in [-0.25, -0.2) is 4.39 Å². The highest BCUT2D eigenvalue weighted by molar-refractivity contribution is 6.34. The van der Waals surface area contributed by atoms with Gasteiger partial charge in [-0.05, 0) is 23.8 Å². The maximum absolute atomic E-state index is 12.9. The lowest BCUT2D eigenvalue weighted by Crippen LogP contribution is -2.31. The van der Waals surface area contributed by atoms with E-state index in [-0.39, 0.29) is 10.0 Å². The van der Waals surface area contributed by atoms with Crippen LogP contribution in [0.15, 0.2) is 18.2 Å². The smallest absolute Gasteiger partial charge is 0.237 e. The zero-order chi connectivity index (χ0) is 15.7. The monoisotopic (exact) mass is 342 g/mol. The quantitative estimate of drug-likeness (QED) is 0.597. The summed E-state index contributed by atoms with van der Waals surface area (Å²) in [7, 11) is 0. The molecular formula is C11H7Cl2F7. The molecule has 0 fully saturated rings. The topological polar surface area (TPSA) is 0 Å². The summed E-state index contributed by atoms with van der Waals surface area (Å²) in [5.74, 6) is -2.64. The lowest BCUT2D eigenvalue weighted by Gasteiger charge is -2.23. The molecule has 1 rings (SSSR count). The SMILES string of the molecule is FC(CC(c1cc(Cl)cc(Cl)c1)C(F)(F)F)C(F)(F)F. The van der Waals surface area contributed by atoms with E-state index >= 15 is 0 Å². The summed E-state index contributed by atoms with van der Waals surface area (Å²) in [6.45, 7) is 0. The Morgan fingerprint density at radius 1 is 0.850 bits per heavy atom. The third kappa shape index (κ3) is 4.70. The predicted octanol–water partition coefficient (Wildman–Crippen LogP) is 5.93. The second kappa shape index (κ2) is 5.97. The maximum atomic E-state index is 12.9. The lowest BCUT2D eigenvalue weighted by atomic mass is 9.92. The highest BCUT2D eigenvalue weighted by Gasteiger charge is 2.48. The largest absolute Gasteiger partial charge is 0.419 e. The minimum Gasteiger partial charge on any atom is -0.237 e. The van der Waals surface area contributed by atoms with Gasteiger partial charge in [0.15, 0.2) is 6.17 Å². The summed E-state index contributed by atoms with van der Waals surface area (Å²) in [6.07, 6.45) is -15.8. The van der Waals surface area contributed by atoms with Crippen molar-refractivity contribution < 1.29 is 30.7 Å². The van der Waals surface area contributed by atoms with Crippen LogP contribution in [0.4, 0.5) is 30.7 Å². The Hall–Kier alpha value is -0.690. The molecule has 0 saturated carbocycles. The van der Waals surface area contributed by atoms with Crippen LogP contribution in [0.5, 0.6) is 0 Å². The Bertz CT molecular complexity index is 447. The molecule has 0 aromatic heterocycles. The van der Waals surface area contributed by atoms with Crippen molar-refractivity contribution in [3.8, 4) is 0 Å². The molecule has 0 saturated heterocycles. The molecule has 0 nitrogen and oxygen atoms in total. The summed E-state index contributed by atoms with van der Waals surface area (Å²) in [4.78, 5) is 0. The molecule has 0 N–H and O–H groups in total. The van der Waals surface area contributed by atoms with E-state index in [0.717, 1.165) is 18.2 Å². The van der Waals surface area contributed by atoms with E-state index < -0.39 is 36.4 Å². The van der Waals surface area contributed by atoms with Crippen LogP contribution in [0.3, 0.4) is 0 Å². The van der Waals surface area contributed by atoms with Gasteiger partial charge >= 0.3 is 12.4 Å². The molecule has 1 aromatic rings. The molecule has 0 spiro atoms. The molecule has 0 aliphatic heterocycles. The first-order valence-electron chi connectivity index (χ1n) is 5.14. The van der Waals surface area contributed by atoms with Crippen molar-refractivity contribution >= 4 is 23.2 Å². The first-order valence-corrected chi connectivity index (χ1v) is 5.90. The Morgan fingerprint density at radius 3 is 1.65 bits per heavy atom. The van der Waals surface area contributed by atoms with Crippen molar-refractivity contribution in [3.05, 3.63) is 33.8 Å². The fraction of sp³-hybridized carbons (Fsp3) is 0.455. The molecule has 114 valence electrons. The maximum Gasteiger partial charge on any atom is 0.419 e. The number of alkyl halides is 7. The van der Waals surface area contributed by atoms with Gasteiger partial charge in [0.25, 0.3) is 0 Å². The van der Waals surface area contributed by atoms with E-state index in [1.54, 1.807) is 0 Å². The van der Waals surface area contributed by atoms with Gasteiger partial charge < -0.3 is 0 Å². The average Bonchev–Trinajstić information content (AvgIpc) is 2.20. The molecule has 0 heterocycles. The summed E-state index contributed by atoms with van der Waals surface area (Å²) in [6, 6.07) is 2.75. The molecule has 2 unspecified atom stereocenters. The van der Waals surface area contributed by atoms with E-state index in [2.05, 4.69) is 0 Å². The first kappa shape index (κ1) is 17.4. The van der Waals surface area contributed by atoms with Crippen molar-refractivity contribution in [1.82, 2.24) is 0 Å². The van der Waals surface area contributed by atoms with Crippen molar-refractivity contribution in [2.75, 3.05) is 0 Å². The standard InChI is InChI=1S/C11H7Cl2F7/c12-6-1-5(2-7(13)3-6)8(10(15,16)17)4-9(14)11(18,19)20/h1-3,8-9H,4H2. The number of hydrogen-bond donors (Lipinski definition) is 0. The van der Waals surface area contributed by atoms with E-state index in [4.69, 9.17) is 23.2 Å². The molecule has 0 aliphatic rings. The van der Waals surface area contributed by atoms with E-state index in [1.165, 1.54) is 0 Å². The van der Waals surface area contributed by atoms with E-state index in [9.17, 15) is 30.7 Å². The summed E-state index contributed by atoms with van der Waals surface area (Å²) < 4.78 is 87.5. The first-order chi connectivity index (χ1) is 8.91. The van der Waals surface area contributed by atoms with Gasteiger partial charge in [-0.15, -0.1) is 0 Å². The second-order valence-electron chi connectivity index (χ2n) is 4.04. The molecule has 1 aromatic carbocycles. The van der Waals surface area contributed by atoms with Gasteiger partial charge in [-0.1, -0.05) is 23.2 Å². The minimum absolute atomic E-state index is 0.177. The third-order valence-corrected chi connectivity index (χ3v) is 2.92. The van der Waals surface area contributed by atoms with Gasteiger partial charge in [0.1, 0.15) is 0 Å². The van der Waals surface area contributed by atoms with Crippen LogP contribution in [0.25, 0.3) is 0 Å². The average molecular weight is 343 g/mol. The van der Waals surface area contributed by atoms with Gasteiger partial charge in [0.2, 0.25) is 0 Å². The second-order valence-corrected chi connectivity index (χ2v) is 4.91. The number of hydrogen-bond acceptors (Lipinski definition) is 0. The van der Waals surface area contributed by atoms with Crippen molar-refractivity contribution in [1.29, 1.82) is 0 Å². The molecule has 0 aliphatic carbocycles. The highest BCUT2D eigenvalue weighted by atomic mass is 35.5. The van der Waals surface area contributed by atoms with Crippen molar-refractivity contribution in [2.24, 2.45) is 0 Å². The fourth-order valence-electron chi connectivity index (χ4n) is 1.58. The third-order valence-electron chi connectivity index (χ3n) is 2.48. The van der Waals surface area contributed by atoms with E-state index in [1.807, 2.05) is 0 Å². The zero-order valence-corrected chi connectivity index (χ0v) is 11.0. The molecule has 9 heteroatoms. The highest BCUT2D eigenvalue weighted by Crippen LogP contribution is 2.42. The molecule has 0 bridgehead atoms. The van der Waals surface area contributed by atoms with Crippen molar-refractivity contribution in [2.45, 2.75) is 30.9 Å². The lowest BCUT2D eigenvalue weighted by molar-refractivity contribution is -0.200. The number of halogens is 9. The minimum atomic E-state index is -5.36. The van der Waals surface area contributed by atoms with Gasteiger partial charge in [-0.3, -0.25) is 0 Å². The van der Waals surface area contributed by atoms with Gasteiger partial charge in [0.05, 0.1) is 5.92 Å². The van der Waals surface area contributed by atoms with Crippen molar-refractivity contribution in [3.63, 3.8) is 0 Å². The molecule has 2 atom stereocenters. The van der Waals surface area contributed by atoms with Gasteiger partial charge in [-0.2, -0.15) is 26.3 Å². The summed E-state index contributed by atoms with van der Waals surface area (Å²) >= 11 is 11.0. The van der Waals surface area contributed by atoms with Crippen LogP contribution < -0.4 is 0 Å². The zero-order valence-electron chi connectivity index (χ0n) is 9.50. The Kier molecular flexibility index (Phi) is 5.18. The number of benzene rings is 1. The Morgan fingerprint density at radius 2 is 1.30 bits per heavy atom. The van der Waals surface area contributed by atoms with Gasteiger partial charge in [0, 0.05) is 16.5 Å². The Balaban J connectivity index is 3.14. The summed E-state index contributed by atoms with van der Waals surface area (Å²) in [5, 5.41) is -0.353. The predicted molar refractivity (Wildman–Crippen MR) is 60.8 cm³/mol. The molecular weight excluding hydrogens is 336 g/mol. The van der Waals surface area contributed by atoms with Crippen LogP contribution in [-0.4, -0.2) is 18.5 Å². The molecule has 0 radical (unpaired) electrons. The van der Waals surface area contributed by atoms with Crippen LogP contribution in [0.2, 0.25) is 10.0 Å². The molecule has 20 heavy (non-hydrogen) atoms. The Labute approximate surface area is 119 Å². The normalized spacial score (nSPS) is 16.1. The number of rotatable bonds is 3. The fourth-order valence-corrected chi connectivity index (χ4v) is 2.12. The van der Waals surface area contributed by atoms with E-state index in [0.29, 0.717) is 0 Å². The van der Waals surface area contributed by atoms with Crippen LogP contribution in [0.1, 0.15) is 17.9 Å². The van der Waals surface area contributed by atoms with Crippen LogP contribution in [0, 0.1) is 0 Å². The molecule has 0 amide bonds.